The number of benzene rings is 2. The first-order valence-corrected chi connectivity index (χ1v) is 8.45. The van der Waals surface area contributed by atoms with E-state index >= 15 is 0 Å². The van der Waals surface area contributed by atoms with E-state index in [0.717, 1.165) is 11.4 Å². The van der Waals surface area contributed by atoms with Crippen molar-refractivity contribution in [1.29, 1.82) is 0 Å². The van der Waals surface area contributed by atoms with Crippen molar-refractivity contribution < 1.29 is 4.79 Å². The van der Waals surface area contributed by atoms with Crippen molar-refractivity contribution in [2.24, 2.45) is 0 Å². The van der Waals surface area contributed by atoms with Gasteiger partial charge in [0, 0.05) is 18.4 Å². The summed E-state index contributed by atoms with van der Waals surface area (Å²) in [6.07, 6.45) is 0. The third-order valence-corrected chi connectivity index (χ3v) is 4.29. The second kappa shape index (κ2) is 7.27. The molecule has 2 aromatic carbocycles. The Balaban J connectivity index is 1.79. The van der Waals surface area contributed by atoms with Gasteiger partial charge in [0.15, 0.2) is 0 Å². The number of anilines is 1. The highest BCUT2D eigenvalue weighted by atomic mass is 32.2. The Kier molecular flexibility index (Phi) is 4.90. The Morgan fingerprint density at radius 3 is 2.83 bits per heavy atom. The molecule has 0 unspecified atom stereocenters. The monoisotopic (exact) mass is 339 g/mol. The van der Waals surface area contributed by atoms with Gasteiger partial charge in [-0.15, -0.1) is 5.10 Å². The van der Waals surface area contributed by atoms with Crippen molar-refractivity contribution in [2.75, 3.05) is 5.32 Å². The highest BCUT2D eigenvalue weighted by molar-refractivity contribution is 7.98. The summed E-state index contributed by atoms with van der Waals surface area (Å²) < 4.78 is 1.67. The lowest BCUT2D eigenvalue weighted by molar-refractivity contribution is -0.114. The lowest BCUT2D eigenvalue weighted by Gasteiger charge is -2.07. The first-order valence-electron chi connectivity index (χ1n) is 7.46. The zero-order valence-corrected chi connectivity index (χ0v) is 14.2. The predicted molar refractivity (Wildman–Crippen MR) is 94.2 cm³/mol. The minimum absolute atomic E-state index is 0.113. The van der Waals surface area contributed by atoms with Crippen molar-refractivity contribution in [2.45, 2.75) is 24.8 Å². The maximum absolute atomic E-state index is 11.2. The molecule has 0 aliphatic rings. The fourth-order valence-corrected chi connectivity index (χ4v) is 3.13. The molecule has 7 heteroatoms. The number of carbonyl (C=O) groups is 1. The molecule has 0 atom stereocenters. The summed E-state index contributed by atoms with van der Waals surface area (Å²) in [7, 11) is 0. The quantitative estimate of drug-likeness (QED) is 0.723. The van der Waals surface area contributed by atoms with E-state index in [1.54, 1.807) is 16.4 Å². The predicted octanol–water partition coefficient (Wildman–Crippen LogP) is 3.22. The van der Waals surface area contributed by atoms with E-state index in [-0.39, 0.29) is 5.91 Å². The van der Waals surface area contributed by atoms with Crippen LogP contribution in [-0.4, -0.2) is 26.1 Å². The summed E-state index contributed by atoms with van der Waals surface area (Å²) in [6, 6.07) is 15.8. The summed E-state index contributed by atoms with van der Waals surface area (Å²) in [5, 5.41) is 15.4. The average molecular weight is 339 g/mol. The van der Waals surface area contributed by atoms with Gasteiger partial charge in [0.05, 0.1) is 5.69 Å². The third kappa shape index (κ3) is 3.99. The van der Waals surface area contributed by atoms with Crippen molar-refractivity contribution >= 4 is 23.4 Å². The van der Waals surface area contributed by atoms with Crippen LogP contribution in [-0.2, 0) is 10.5 Å². The molecule has 3 rings (SSSR count). The average Bonchev–Trinajstić information content (AvgIpc) is 3.01. The molecule has 1 heterocycles. The van der Waals surface area contributed by atoms with Crippen LogP contribution < -0.4 is 5.32 Å². The fraction of sp³-hybridized carbons (Fsp3) is 0.176. The van der Waals surface area contributed by atoms with Crippen LogP contribution in [0.15, 0.2) is 53.7 Å². The van der Waals surface area contributed by atoms with Gasteiger partial charge in [-0.1, -0.05) is 47.7 Å². The zero-order chi connectivity index (χ0) is 16.9. The van der Waals surface area contributed by atoms with Crippen molar-refractivity contribution in [1.82, 2.24) is 20.2 Å². The topological polar surface area (TPSA) is 72.7 Å². The summed E-state index contributed by atoms with van der Waals surface area (Å²) in [5.41, 5.74) is 3.97. The Morgan fingerprint density at radius 1 is 1.21 bits per heavy atom. The van der Waals surface area contributed by atoms with E-state index in [2.05, 4.69) is 46.0 Å². The number of rotatable bonds is 5. The fourth-order valence-electron chi connectivity index (χ4n) is 2.30. The number of tetrazole rings is 1. The molecule has 0 radical (unpaired) electrons. The van der Waals surface area contributed by atoms with Gasteiger partial charge in [0.25, 0.3) is 0 Å². The molecular formula is C17H17N5OS. The van der Waals surface area contributed by atoms with Gasteiger partial charge in [-0.3, -0.25) is 4.79 Å². The minimum Gasteiger partial charge on any atom is -0.326 e. The zero-order valence-electron chi connectivity index (χ0n) is 13.4. The van der Waals surface area contributed by atoms with Gasteiger partial charge in [-0.25, -0.2) is 0 Å². The molecular weight excluding hydrogens is 322 g/mol. The Morgan fingerprint density at radius 2 is 2.04 bits per heavy atom. The first kappa shape index (κ1) is 16.2. The molecule has 0 saturated carbocycles. The number of hydrogen-bond donors (Lipinski definition) is 1. The second-order valence-corrected chi connectivity index (χ2v) is 6.33. The molecule has 3 aromatic rings. The lowest BCUT2D eigenvalue weighted by Crippen LogP contribution is -2.07. The van der Waals surface area contributed by atoms with Gasteiger partial charge < -0.3 is 5.32 Å². The first-order chi connectivity index (χ1) is 11.6. The van der Waals surface area contributed by atoms with Crippen molar-refractivity contribution in [3.63, 3.8) is 0 Å². The molecule has 1 aromatic heterocycles. The normalized spacial score (nSPS) is 10.6. The van der Waals surface area contributed by atoms with Crippen LogP contribution in [0.2, 0.25) is 0 Å². The van der Waals surface area contributed by atoms with Gasteiger partial charge in [0.1, 0.15) is 0 Å². The number of aromatic nitrogens is 4. The van der Waals surface area contributed by atoms with E-state index in [1.165, 1.54) is 18.1 Å². The summed E-state index contributed by atoms with van der Waals surface area (Å²) in [4.78, 5) is 11.2. The molecule has 0 bridgehead atoms. The number of nitrogens with one attached hydrogen (secondary N) is 1. The Hall–Kier alpha value is -2.67. The summed E-state index contributed by atoms with van der Waals surface area (Å²) >= 11 is 1.57. The number of amides is 1. The maximum atomic E-state index is 11.2. The summed E-state index contributed by atoms with van der Waals surface area (Å²) in [6.45, 7) is 3.55. The van der Waals surface area contributed by atoms with Crippen LogP contribution in [0.3, 0.4) is 0 Å². The highest BCUT2D eigenvalue weighted by Crippen LogP contribution is 2.24. The number of carbonyl (C=O) groups excluding carboxylic acids is 1. The molecule has 0 spiro atoms. The van der Waals surface area contributed by atoms with E-state index in [0.29, 0.717) is 10.8 Å². The van der Waals surface area contributed by atoms with E-state index in [9.17, 15) is 4.79 Å². The number of thioether (sulfide) groups is 1. The van der Waals surface area contributed by atoms with Crippen LogP contribution in [0.5, 0.6) is 0 Å². The molecule has 1 N–H and O–H groups in total. The molecule has 0 fully saturated rings. The SMILES string of the molecule is CC(=O)Nc1cccc(-n2nnnc2SCc2cccc(C)c2)c1. The van der Waals surface area contributed by atoms with E-state index in [1.807, 2.05) is 30.3 Å². The van der Waals surface area contributed by atoms with Gasteiger partial charge in [-0.05, 0) is 41.1 Å². The van der Waals surface area contributed by atoms with Crippen LogP contribution >= 0.6 is 11.8 Å². The summed E-state index contributed by atoms with van der Waals surface area (Å²) in [5.74, 6) is 0.672. The van der Waals surface area contributed by atoms with E-state index in [4.69, 9.17) is 0 Å². The molecule has 0 saturated heterocycles. The van der Waals surface area contributed by atoms with Crippen LogP contribution in [0.25, 0.3) is 5.69 Å². The molecule has 122 valence electrons. The van der Waals surface area contributed by atoms with Crippen LogP contribution in [0, 0.1) is 6.92 Å². The molecule has 1 amide bonds. The van der Waals surface area contributed by atoms with Crippen LogP contribution in [0.4, 0.5) is 5.69 Å². The molecule has 24 heavy (non-hydrogen) atoms. The minimum atomic E-state index is -0.113. The number of aryl methyl sites for hydroxylation is 1. The number of nitrogens with zero attached hydrogens (tertiary/aromatic N) is 4. The Labute approximate surface area is 144 Å². The van der Waals surface area contributed by atoms with Gasteiger partial charge >= 0.3 is 0 Å². The van der Waals surface area contributed by atoms with Crippen molar-refractivity contribution in [3.8, 4) is 5.69 Å². The van der Waals surface area contributed by atoms with Gasteiger partial charge in [-0.2, -0.15) is 4.68 Å². The largest absolute Gasteiger partial charge is 0.326 e. The second-order valence-electron chi connectivity index (χ2n) is 5.38. The lowest BCUT2D eigenvalue weighted by atomic mass is 10.2. The number of hydrogen-bond acceptors (Lipinski definition) is 5. The molecule has 0 aliphatic carbocycles. The van der Waals surface area contributed by atoms with Crippen molar-refractivity contribution in [3.05, 3.63) is 59.7 Å². The maximum Gasteiger partial charge on any atom is 0.221 e. The van der Waals surface area contributed by atoms with Crippen LogP contribution in [0.1, 0.15) is 18.1 Å². The van der Waals surface area contributed by atoms with E-state index < -0.39 is 0 Å². The Bertz CT molecular complexity index is 861. The standard InChI is InChI=1S/C17H17N5OS/c1-12-5-3-6-14(9-12)11-24-17-19-20-21-22(17)16-8-4-7-15(10-16)18-13(2)23/h3-10H,11H2,1-2H3,(H,18,23). The highest BCUT2D eigenvalue weighted by Gasteiger charge is 2.10. The molecule has 0 aliphatic heterocycles. The molecule has 6 nitrogen and oxygen atoms in total. The van der Waals surface area contributed by atoms with Gasteiger partial charge in [0.2, 0.25) is 11.1 Å². The third-order valence-electron chi connectivity index (χ3n) is 3.30. The smallest absolute Gasteiger partial charge is 0.221 e.